The highest BCUT2D eigenvalue weighted by Crippen LogP contribution is 2.20. The third kappa shape index (κ3) is 3.05. The van der Waals surface area contributed by atoms with Gasteiger partial charge in [0.15, 0.2) is 11.0 Å². The molecule has 1 heterocycles. The number of fused-ring (bicyclic) bond motifs is 1. The van der Waals surface area contributed by atoms with Crippen molar-refractivity contribution in [1.82, 2.24) is 0 Å². The Morgan fingerprint density at radius 3 is 2.94 bits per heavy atom. The number of alkyl halides is 1. The Labute approximate surface area is 110 Å². The van der Waals surface area contributed by atoms with Gasteiger partial charge in [-0.05, 0) is 25.0 Å². The first-order valence-corrected chi connectivity index (χ1v) is 6.48. The highest BCUT2D eigenvalue weighted by molar-refractivity contribution is 6.19. The van der Waals surface area contributed by atoms with Crippen LogP contribution in [0.5, 0.6) is 5.95 Å². The predicted molar refractivity (Wildman–Crippen MR) is 72.3 cm³/mol. The maximum Gasteiger partial charge on any atom is 0.290 e. The molecule has 0 bridgehead atoms. The topological polar surface area (TPSA) is 39.4 Å². The van der Waals surface area contributed by atoms with Crippen LogP contribution >= 0.6 is 11.6 Å². The number of unbranched alkanes of at least 4 members (excludes halogenated alkanes) is 1. The molecule has 18 heavy (non-hydrogen) atoms. The van der Waals surface area contributed by atoms with Gasteiger partial charge in [0.1, 0.15) is 5.58 Å². The lowest BCUT2D eigenvalue weighted by Gasteiger charge is -2.11. The molecule has 3 nitrogen and oxygen atoms in total. The van der Waals surface area contributed by atoms with E-state index in [0.717, 1.165) is 19.3 Å². The quantitative estimate of drug-likeness (QED) is 0.770. The highest BCUT2D eigenvalue weighted by Gasteiger charge is 2.10. The van der Waals surface area contributed by atoms with Crippen LogP contribution in [0.4, 0.5) is 0 Å². The Morgan fingerprint density at radius 1 is 1.39 bits per heavy atom. The van der Waals surface area contributed by atoms with Gasteiger partial charge in [0.25, 0.3) is 5.95 Å². The first-order valence-electron chi connectivity index (χ1n) is 6.04. The number of ether oxygens (including phenoxy) is 1. The lowest BCUT2D eigenvalue weighted by Crippen LogP contribution is -2.10. The van der Waals surface area contributed by atoms with Crippen LogP contribution in [0.2, 0.25) is 0 Å². The van der Waals surface area contributed by atoms with Crippen molar-refractivity contribution >= 4 is 22.6 Å². The minimum Gasteiger partial charge on any atom is -0.445 e. The molecule has 4 heteroatoms. The van der Waals surface area contributed by atoms with E-state index in [1.54, 1.807) is 18.2 Å². The molecule has 0 N–H and O–H groups in total. The molecule has 1 atom stereocenters. The van der Waals surface area contributed by atoms with Crippen LogP contribution in [-0.4, -0.2) is 5.56 Å². The summed E-state index contributed by atoms with van der Waals surface area (Å²) in [5.41, 5.74) is -0.0696. The number of halogens is 1. The second-order valence-corrected chi connectivity index (χ2v) is 4.58. The molecule has 2 aromatic rings. The van der Waals surface area contributed by atoms with Gasteiger partial charge in [-0.25, -0.2) is 0 Å². The molecular weight excluding hydrogens is 252 g/mol. The molecule has 96 valence electrons. The molecule has 2 rings (SSSR count). The molecule has 1 aromatic heterocycles. The normalized spacial score (nSPS) is 12.6. The zero-order valence-corrected chi connectivity index (χ0v) is 10.9. The Balaban J connectivity index is 2.22. The molecule has 0 radical (unpaired) electrons. The van der Waals surface area contributed by atoms with Gasteiger partial charge in [-0.3, -0.25) is 4.79 Å². The van der Waals surface area contributed by atoms with Crippen LogP contribution in [0.3, 0.4) is 0 Å². The Kier molecular flexibility index (Phi) is 4.26. The van der Waals surface area contributed by atoms with E-state index in [2.05, 4.69) is 6.92 Å². The van der Waals surface area contributed by atoms with Gasteiger partial charge in [-0.1, -0.05) is 37.1 Å². The van der Waals surface area contributed by atoms with Crippen molar-refractivity contribution in [3.63, 3.8) is 0 Å². The molecule has 0 fully saturated rings. The minimum absolute atomic E-state index is 0.119. The molecule has 0 saturated carbocycles. The smallest absolute Gasteiger partial charge is 0.290 e. The Hall–Kier alpha value is -1.48. The van der Waals surface area contributed by atoms with Gasteiger partial charge in [0.2, 0.25) is 0 Å². The van der Waals surface area contributed by atoms with Crippen LogP contribution in [-0.2, 0) is 0 Å². The van der Waals surface area contributed by atoms with Crippen LogP contribution in [0.15, 0.2) is 39.5 Å². The third-order valence-corrected chi connectivity index (χ3v) is 2.95. The van der Waals surface area contributed by atoms with Crippen molar-refractivity contribution in [2.45, 2.75) is 31.7 Å². The fourth-order valence-corrected chi connectivity index (χ4v) is 1.93. The highest BCUT2D eigenvalue weighted by atomic mass is 35.5. The van der Waals surface area contributed by atoms with E-state index in [-0.39, 0.29) is 11.4 Å². The van der Waals surface area contributed by atoms with Crippen LogP contribution < -0.4 is 10.2 Å². The standard InChI is InChI=1S/C14H15ClO3/c1-2-3-8-13(15)18-14-9-11(16)10-6-4-5-7-12(10)17-14/h4-7,9,13H,2-3,8H2,1H3. The van der Waals surface area contributed by atoms with Crippen molar-refractivity contribution in [3.05, 3.63) is 40.6 Å². The second-order valence-electron chi connectivity index (χ2n) is 4.10. The summed E-state index contributed by atoms with van der Waals surface area (Å²) in [6.45, 7) is 2.08. The Morgan fingerprint density at radius 2 is 2.17 bits per heavy atom. The van der Waals surface area contributed by atoms with E-state index in [1.165, 1.54) is 6.07 Å². The predicted octanol–water partition coefficient (Wildman–Crippen LogP) is 3.93. The van der Waals surface area contributed by atoms with E-state index in [0.29, 0.717) is 11.0 Å². The van der Waals surface area contributed by atoms with Crippen molar-refractivity contribution in [2.75, 3.05) is 0 Å². The summed E-state index contributed by atoms with van der Waals surface area (Å²) < 4.78 is 10.9. The Bertz CT molecular complexity index is 577. The number of hydrogen-bond donors (Lipinski definition) is 0. The number of rotatable bonds is 5. The first kappa shape index (κ1) is 13.0. The van der Waals surface area contributed by atoms with Crippen molar-refractivity contribution < 1.29 is 9.15 Å². The summed E-state index contributed by atoms with van der Waals surface area (Å²) in [4.78, 5) is 11.8. The third-order valence-electron chi connectivity index (χ3n) is 2.64. The van der Waals surface area contributed by atoms with Gasteiger partial charge in [-0.2, -0.15) is 0 Å². The van der Waals surface area contributed by atoms with Crippen molar-refractivity contribution in [3.8, 4) is 5.95 Å². The monoisotopic (exact) mass is 266 g/mol. The second kappa shape index (κ2) is 5.91. The van der Waals surface area contributed by atoms with Gasteiger partial charge in [-0.15, -0.1) is 0 Å². The molecule has 0 aliphatic heterocycles. The molecule has 0 aliphatic rings. The van der Waals surface area contributed by atoms with E-state index < -0.39 is 5.56 Å². The SMILES string of the molecule is CCCCC(Cl)Oc1cc(=O)c2ccccc2o1. The van der Waals surface area contributed by atoms with Crippen LogP contribution in [0.25, 0.3) is 11.0 Å². The lowest BCUT2D eigenvalue weighted by molar-refractivity contribution is 0.208. The number of para-hydroxylation sites is 1. The zero-order valence-electron chi connectivity index (χ0n) is 10.2. The van der Waals surface area contributed by atoms with Crippen molar-refractivity contribution in [2.24, 2.45) is 0 Å². The maximum atomic E-state index is 11.8. The van der Waals surface area contributed by atoms with Gasteiger partial charge < -0.3 is 9.15 Å². The molecule has 1 unspecified atom stereocenters. The van der Waals surface area contributed by atoms with E-state index in [4.69, 9.17) is 20.8 Å². The maximum absolute atomic E-state index is 11.8. The lowest BCUT2D eigenvalue weighted by atomic mass is 10.2. The fraction of sp³-hybridized carbons (Fsp3) is 0.357. The zero-order chi connectivity index (χ0) is 13.0. The summed E-state index contributed by atoms with van der Waals surface area (Å²) in [7, 11) is 0. The van der Waals surface area contributed by atoms with E-state index >= 15 is 0 Å². The average Bonchev–Trinajstić information content (AvgIpc) is 2.36. The van der Waals surface area contributed by atoms with Gasteiger partial charge >= 0.3 is 0 Å². The van der Waals surface area contributed by atoms with Crippen LogP contribution in [0, 0.1) is 0 Å². The molecular formula is C14H15ClO3. The van der Waals surface area contributed by atoms with Gasteiger partial charge in [0, 0.05) is 0 Å². The minimum atomic E-state index is -0.464. The molecule has 0 aliphatic carbocycles. The van der Waals surface area contributed by atoms with Gasteiger partial charge in [0.05, 0.1) is 11.5 Å². The fourth-order valence-electron chi connectivity index (χ4n) is 1.69. The number of benzene rings is 1. The van der Waals surface area contributed by atoms with Crippen molar-refractivity contribution in [1.29, 1.82) is 0 Å². The summed E-state index contributed by atoms with van der Waals surface area (Å²) >= 11 is 6.01. The summed E-state index contributed by atoms with van der Waals surface area (Å²) in [5.74, 6) is 0.176. The molecule has 1 aromatic carbocycles. The summed E-state index contributed by atoms with van der Waals surface area (Å²) in [6.07, 6.45) is 2.76. The number of hydrogen-bond acceptors (Lipinski definition) is 3. The molecule has 0 amide bonds. The largest absolute Gasteiger partial charge is 0.445 e. The first-order chi connectivity index (χ1) is 8.70. The van der Waals surface area contributed by atoms with Crippen LogP contribution in [0.1, 0.15) is 26.2 Å². The molecule has 0 spiro atoms. The summed E-state index contributed by atoms with van der Waals surface area (Å²) in [5, 5.41) is 0.546. The average molecular weight is 267 g/mol. The van der Waals surface area contributed by atoms with E-state index in [1.807, 2.05) is 6.07 Å². The van der Waals surface area contributed by atoms with E-state index in [9.17, 15) is 4.79 Å². The molecule has 0 saturated heterocycles. The summed E-state index contributed by atoms with van der Waals surface area (Å²) in [6, 6.07) is 8.40.